The molecule has 0 spiro atoms. The fourth-order valence-electron chi connectivity index (χ4n) is 2.84. The molecule has 0 aliphatic carbocycles. The second-order valence-corrected chi connectivity index (χ2v) is 5.00. The smallest absolute Gasteiger partial charge is 0.254 e. The first-order chi connectivity index (χ1) is 10.3. The van der Waals surface area contributed by atoms with Gasteiger partial charge < -0.3 is 10.1 Å². The number of hydrogen-bond donors (Lipinski definition) is 1. The lowest BCUT2D eigenvalue weighted by atomic mass is 9.88. The third-order valence-electron chi connectivity index (χ3n) is 3.80. The van der Waals surface area contributed by atoms with E-state index < -0.39 is 12.8 Å². The summed E-state index contributed by atoms with van der Waals surface area (Å²) < 4.78 is 19.1. The van der Waals surface area contributed by atoms with Crippen LogP contribution in [-0.2, 0) is 0 Å². The van der Waals surface area contributed by atoms with Crippen LogP contribution < -0.4 is 10.1 Å². The van der Waals surface area contributed by atoms with Gasteiger partial charge in [-0.3, -0.25) is 4.79 Å². The van der Waals surface area contributed by atoms with Gasteiger partial charge in [-0.05, 0) is 11.6 Å². The summed E-state index contributed by atoms with van der Waals surface area (Å²) in [6.45, 7) is -0.596. The zero-order valence-corrected chi connectivity index (χ0v) is 11.7. The Morgan fingerprint density at radius 1 is 1.19 bits per heavy atom. The highest BCUT2D eigenvalue weighted by Gasteiger charge is 2.37. The van der Waals surface area contributed by atoms with Crippen molar-refractivity contribution in [1.29, 1.82) is 0 Å². The van der Waals surface area contributed by atoms with E-state index in [4.69, 9.17) is 4.74 Å². The summed E-state index contributed by atoms with van der Waals surface area (Å²) in [4.78, 5) is 11.9. The van der Waals surface area contributed by atoms with Crippen molar-refractivity contribution in [2.45, 2.75) is 12.0 Å². The predicted octanol–water partition coefficient (Wildman–Crippen LogP) is 2.91. The number of benzene rings is 2. The van der Waals surface area contributed by atoms with E-state index in [0.717, 1.165) is 11.1 Å². The summed E-state index contributed by atoms with van der Waals surface area (Å²) in [5.74, 6) is 0.0855. The van der Waals surface area contributed by atoms with Crippen molar-refractivity contribution in [1.82, 2.24) is 5.32 Å². The van der Waals surface area contributed by atoms with Crippen LogP contribution in [0.25, 0.3) is 0 Å². The Bertz CT molecular complexity index is 657. The SMILES string of the molecule is CNC(=O)c1cccc2c1O[C@H](CF)[C@H]2c1ccccc1. The molecule has 1 N–H and O–H groups in total. The molecule has 1 heterocycles. The van der Waals surface area contributed by atoms with E-state index in [1.165, 1.54) is 0 Å². The van der Waals surface area contributed by atoms with Crippen molar-refractivity contribution >= 4 is 5.91 Å². The van der Waals surface area contributed by atoms with E-state index in [2.05, 4.69) is 5.32 Å². The number of alkyl halides is 1. The minimum absolute atomic E-state index is 0.184. The minimum atomic E-state index is -0.596. The Kier molecular flexibility index (Phi) is 3.60. The van der Waals surface area contributed by atoms with Crippen LogP contribution in [-0.4, -0.2) is 25.7 Å². The first-order valence-electron chi connectivity index (χ1n) is 6.88. The van der Waals surface area contributed by atoms with Gasteiger partial charge in [0.05, 0.1) is 11.5 Å². The summed E-state index contributed by atoms with van der Waals surface area (Å²) in [6.07, 6.45) is -0.590. The maximum atomic E-state index is 13.4. The number of hydrogen-bond acceptors (Lipinski definition) is 2. The number of carbonyl (C=O) groups excluding carboxylic acids is 1. The van der Waals surface area contributed by atoms with Gasteiger partial charge in [-0.1, -0.05) is 42.5 Å². The van der Waals surface area contributed by atoms with Crippen LogP contribution in [0.2, 0.25) is 0 Å². The molecule has 1 aliphatic rings. The molecule has 2 aromatic carbocycles. The molecule has 2 aromatic rings. The molecular formula is C17H16FNO2. The van der Waals surface area contributed by atoms with Crippen LogP contribution in [0.4, 0.5) is 4.39 Å². The van der Waals surface area contributed by atoms with Crippen LogP contribution in [0.5, 0.6) is 5.75 Å². The zero-order valence-electron chi connectivity index (χ0n) is 11.7. The fourth-order valence-corrected chi connectivity index (χ4v) is 2.84. The van der Waals surface area contributed by atoms with Crippen LogP contribution >= 0.6 is 0 Å². The first-order valence-corrected chi connectivity index (χ1v) is 6.88. The molecule has 0 bridgehead atoms. The third-order valence-corrected chi connectivity index (χ3v) is 3.80. The number of amides is 1. The lowest BCUT2D eigenvalue weighted by molar-refractivity contribution is 0.0955. The van der Waals surface area contributed by atoms with Crippen molar-refractivity contribution in [2.75, 3.05) is 13.7 Å². The van der Waals surface area contributed by atoms with Crippen LogP contribution in [0.1, 0.15) is 27.4 Å². The van der Waals surface area contributed by atoms with Gasteiger partial charge in [0.1, 0.15) is 18.5 Å². The zero-order chi connectivity index (χ0) is 14.8. The Hall–Kier alpha value is -2.36. The number of rotatable bonds is 3. The highest BCUT2D eigenvalue weighted by molar-refractivity contribution is 5.97. The Morgan fingerprint density at radius 3 is 2.62 bits per heavy atom. The maximum Gasteiger partial charge on any atom is 0.254 e. The van der Waals surface area contributed by atoms with Gasteiger partial charge in [0.2, 0.25) is 0 Å². The molecule has 0 saturated heterocycles. The molecule has 3 rings (SSSR count). The van der Waals surface area contributed by atoms with E-state index >= 15 is 0 Å². The average Bonchev–Trinajstić information content (AvgIpc) is 2.93. The van der Waals surface area contributed by atoms with Gasteiger partial charge in [-0.15, -0.1) is 0 Å². The Labute approximate surface area is 122 Å². The summed E-state index contributed by atoms with van der Waals surface area (Å²) in [7, 11) is 1.57. The van der Waals surface area contributed by atoms with Gasteiger partial charge >= 0.3 is 0 Å². The Morgan fingerprint density at radius 2 is 1.95 bits per heavy atom. The van der Waals surface area contributed by atoms with Gasteiger partial charge in [0, 0.05) is 12.6 Å². The fraction of sp³-hybridized carbons (Fsp3) is 0.235. The van der Waals surface area contributed by atoms with Gasteiger partial charge in [-0.25, -0.2) is 4.39 Å². The minimum Gasteiger partial charge on any atom is -0.486 e. The number of carbonyl (C=O) groups is 1. The first kappa shape index (κ1) is 13.6. The van der Waals surface area contributed by atoms with Crippen LogP contribution in [0.15, 0.2) is 48.5 Å². The van der Waals surface area contributed by atoms with Gasteiger partial charge in [-0.2, -0.15) is 0 Å². The van der Waals surface area contributed by atoms with Crippen LogP contribution in [0.3, 0.4) is 0 Å². The largest absolute Gasteiger partial charge is 0.486 e. The number of fused-ring (bicyclic) bond motifs is 1. The molecule has 4 heteroatoms. The van der Waals surface area contributed by atoms with E-state index in [-0.39, 0.29) is 11.8 Å². The molecule has 0 aromatic heterocycles. The van der Waals surface area contributed by atoms with Crippen molar-refractivity contribution in [3.8, 4) is 5.75 Å². The normalized spacial score (nSPS) is 19.7. The molecule has 3 nitrogen and oxygen atoms in total. The molecule has 2 atom stereocenters. The van der Waals surface area contributed by atoms with Crippen molar-refractivity contribution in [3.05, 3.63) is 65.2 Å². The molecule has 1 amide bonds. The molecule has 108 valence electrons. The monoisotopic (exact) mass is 285 g/mol. The molecule has 0 fully saturated rings. The molecule has 1 aliphatic heterocycles. The van der Waals surface area contributed by atoms with E-state index in [9.17, 15) is 9.18 Å². The van der Waals surface area contributed by atoms with Crippen molar-refractivity contribution in [2.24, 2.45) is 0 Å². The summed E-state index contributed by atoms with van der Waals surface area (Å²) in [6, 6.07) is 15.1. The molecule has 21 heavy (non-hydrogen) atoms. The Balaban J connectivity index is 2.11. The second kappa shape index (κ2) is 5.56. The van der Waals surface area contributed by atoms with Gasteiger partial charge in [0.25, 0.3) is 5.91 Å². The lowest BCUT2D eigenvalue weighted by Crippen LogP contribution is -2.22. The highest BCUT2D eigenvalue weighted by atomic mass is 19.1. The van der Waals surface area contributed by atoms with E-state index in [1.807, 2.05) is 42.5 Å². The molecular weight excluding hydrogens is 269 g/mol. The summed E-state index contributed by atoms with van der Waals surface area (Å²) in [5.41, 5.74) is 2.31. The highest BCUT2D eigenvalue weighted by Crippen LogP contribution is 2.44. The summed E-state index contributed by atoms with van der Waals surface area (Å²) in [5, 5.41) is 2.59. The van der Waals surface area contributed by atoms with Gasteiger partial charge in [0.15, 0.2) is 0 Å². The van der Waals surface area contributed by atoms with Crippen molar-refractivity contribution in [3.63, 3.8) is 0 Å². The number of ether oxygens (including phenoxy) is 1. The molecule has 0 radical (unpaired) electrons. The van der Waals surface area contributed by atoms with E-state index in [0.29, 0.717) is 11.3 Å². The maximum absolute atomic E-state index is 13.4. The predicted molar refractivity (Wildman–Crippen MR) is 78.5 cm³/mol. The third kappa shape index (κ3) is 2.27. The lowest BCUT2D eigenvalue weighted by Gasteiger charge is -2.16. The van der Waals surface area contributed by atoms with Crippen LogP contribution in [0, 0.1) is 0 Å². The number of para-hydroxylation sites is 1. The number of halogens is 1. The second-order valence-electron chi connectivity index (χ2n) is 5.00. The van der Waals surface area contributed by atoms with E-state index in [1.54, 1.807) is 13.1 Å². The standard InChI is InChI=1S/C17H16FNO2/c1-19-17(20)13-9-5-8-12-15(11-6-3-2-4-7-11)14(10-18)21-16(12)13/h2-9,14-15H,10H2,1H3,(H,19,20)/t14-,15+/m1/s1. The topological polar surface area (TPSA) is 38.3 Å². The number of nitrogens with one attached hydrogen (secondary N) is 1. The summed E-state index contributed by atoms with van der Waals surface area (Å²) >= 11 is 0. The quantitative estimate of drug-likeness (QED) is 0.941. The molecule has 0 unspecified atom stereocenters. The average molecular weight is 285 g/mol. The molecule has 0 saturated carbocycles. The van der Waals surface area contributed by atoms with Crippen molar-refractivity contribution < 1.29 is 13.9 Å².